The van der Waals surface area contributed by atoms with Gasteiger partial charge in [0.15, 0.2) is 0 Å². The van der Waals surface area contributed by atoms with Gasteiger partial charge in [0.05, 0.1) is 5.69 Å². The molecule has 2 rings (SSSR count). The lowest BCUT2D eigenvalue weighted by Gasteiger charge is -2.08. The summed E-state index contributed by atoms with van der Waals surface area (Å²) in [5, 5.41) is 0.725. The number of nitrogens with two attached hydrogens (primary N) is 1. The van der Waals surface area contributed by atoms with E-state index in [0.29, 0.717) is 6.61 Å². The maximum absolute atomic E-state index is 5.81. The van der Waals surface area contributed by atoms with E-state index < -0.39 is 0 Å². The third-order valence-corrected chi connectivity index (χ3v) is 2.57. The minimum absolute atomic E-state index is 0.505. The van der Waals surface area contributed by atoms with Crippen LogP contribution in [0.2, 0.25) is 5.02 Å². The van der Waals surface area contributed by atoms with Crippen molar-refractivity contribution in [3.8, 4) is 5.75 Å². The number of hydrogen-bond donors (Lipinski definition) is 2. The summed E-state index contributed by atoms with van der Waals surface area (Å²) >= 11 is 5.81. The van der Waals surface area contributed by atoms with E-state index >= 15 is 0 Å². The Morgan fingerprint density at radius 1 is 1.12 bits per heavy atom. The summed E-state index contributed by atoms with van der Waals surface area (Å²) in [5.41, 5.74) is 4.46. The Morgan fingerprint density at radius 2 is 1.88 bits per heavy atom. The average molecular weight is 249 g/mol. The van der Waals surface area contributed by atoms with Gasteiger partial charge >= 0.3 is 0 Å². The topological polar surface area (TPSA) is 47.3 Å². The standard InChI is InChI=1S/C13H13ClN2O/c14-11-6-4-10(5-7-11)9-17-13-3-1-2-12(8-13)16-15/h1-8,16H,9,15H2. The summed E-state index contributed by atoms with van der Waals surface area (Å²) in [4.78, 5) is 0. The minimum Gasteiger partial charge on any atom is -0.489 e. The van der Waals surface area contributed by atoms with E-state index in [0.717, 1.165) is 22.0 Å². The van der Waals surface area contributed by atoms with Crippen molar-refractivity contribution in [2.75, 3.05) is 5.43 Å². The maximum atomic E-state index is 5.81. The molecule has 0 bridgehead atoms. The lowest BCUT2D eigenvalue weighted by Crippen LogP contribution is -2.06. The van der Waals surface area contributed by atoms with E-state index in [2.05, 4.69) is 5.43 Å². The fraction of sp³-hybridized carbons (Fsp3) is 0.0769. The highest BCUT2D eigenvalue weighted by Gasteiger charge is 1.97. The third-order valence-electron chi connectivity index (χ3n) is 2.32. The van der Waals surface area contributed by atoms with Gasteiger partial charge in [0.2, 0.25) is 0 Å². The number of rotatable bonds is 4. The van der Waals surface area contributed by atoms with Crippen molar-refractivity contribution >= 4 is 17.3 Å². The highest BCUT2D eigenvalue weighted by Crippen LogP contribution is 2.18. The van der Waals surface area contributed by atoms with E-state index in [1.165, 1.54) is 0 Å². The molecule has 3 N–H and O–H groups in total. The normalized spacial score (nSPS) is 10.0. The van der Waals surface area contributed by atoms with Crippen LogP contribution in [-0.4, -0.2) is 0 Å². The first-order valence-corrected chi connectivity index (χ1v) is 5.59. The molecule has 2 aromatic carbocycles. The third kappa shape index (κ3) is 3.37. The van der Waals surface area contributed by atoms with Crippen molar-refractivity contribution < 1.29 is 4.74 Å². The van der Waals surface area contributed by atoms with Gasteiger partial charge in [-0.05, 0) is 29.8 Å². The van der Waals surface area contributed by atoms with Gasteiger partial charge in [-0.3, -0.25) is 5.84 Å². The van der Waals surface area contributed by atoms with Gasteiger partial charge in [0, 0.05) is 11.1 Å². The van der Waals surface area contributed by atoms with Gasteiger partial charge in [-0.2, -0.15) is 0 Å². The monoisotopic (exact) mass is 248 g/mol. The second kappa shape index (κ2) is 5.57. The molecule has 0 atom stereocenters. The molecular formula is C13H13ClN2O. The van der Waals surface area contributed by atoms with Gasteiger partial charge in [0.1, 0.15) is 12.4 Å². The van der Waals surface area contributed by atoms with Crippen LogP contribution >= 0.6 is 11.6 Å². The van der Waals surface area contributed by atoms with E-state index in [4.69, 9.17) is 22.2 Å². The smallest absolute Gasteiger partial charge is 0.121 e. The summed E-state index contributed by atoms with van der Waals surface area (Å²) in [6.45, 7) is 0.505. The molecule has 0 radical (unpaired) electrons. The van der Waals surface area contributed by atoms with E-state index in [1.807, 2.05) is 48.5 Å². The Kier molecular flexibility index (Phi) is 3.85. The van der Waals surface area contributed by atoms with Crippen LogP contribution in [0.15, 0.2) is 48.5 Å². The van der Waals surface area contributed by atoms with E-state index in [1.54, 1.807) is 0 Å². The molecular weight excluding hydrogens is 236 g/mol. The van der Waals surface area contributed by atoms with Crippen LogP contribution < -0.4 is 16.0 Å². The molecule has 0 aliphatic rings. The van der Waals surface area contributed by atoms with Crippen molar-refractivity contribution in [3.63, 3.8) is 0 Å². The molecule has 0 heterocycles. The van der Waals surface area contributed by atoms with Gasteiger partial charge < -0.3 is 10.2 Å². The first-order chi connectivity index (χ1) is 8.28. The second-order valence-electron chi connectivity index (χ2n) is 3.59. The first-order valence-electron chi connectivity index (χ1n) is 5.22. The van der Waals surface area contributed by atoms with Gasteiger partial charge in [0.25, 0.3) is 0 Å². The molecule has 0 aromatic heterocycles. The fourth-order valence-corrected chi connectivity index (χ4v) is 1.55. The Hall–Kier alpha value is -1.71. The largest absolute Gasteiger partial charge is 0.489 e. The summed E-state index contributed by atoms with van der Waals surface area (Å²) in [5.74, 6) is 6.10. The van der Waals surface area contributed by atoms with Crippen LogP contribution in [0, 0.1) is 0 Å². The van der Waals surface area contributed by atoms with Gasteiger partial charge in [-0.25, -0.2) is 0 Å². The van der Waals surface area contributed by atoms with Gasteiger partial charge in [-0.15, -0.1) is 0 Å². The predicted octanol–water partition coefficient (Wildman–Crippen LogP) is 3.20. The quantitative estimate of drug-likeness (QED) is 0.645. The van der Waals surface area contributed by atoms with Crippen LogP contribution in [0.1, 0.15) is 5.56 Å². The number of nitrogen functional groups attached to an aromatic ring is 1. The molecule has 0 aliphatic carbocycles. The number of halogens is 1. The Balaban J connectivity index is 1.99. The van der Waals surface area contributed by atoms with Crippen molar-refractivity contribution in [1.82, 2.24) is 0 Å². The van der Waals surface area contributed by atoms with Crippen LogP contribution in [-0.2, 0) is 6.61 Å². The van der Waals surface area contributed by atoms with Crippen molar-refractivity contribution in [1.29, 1.82) is 0 Å². The zero-order chi connectivity index (χ0) is 12.1. The predicted molar refractivity (Wildman–Crippen MR) is 70.0 cm³/mol. The van der Waals surface area contributed by atoms with Crippen LogP contribution in [0.5, 0.6) is 5.75 Å². The fourth-order valence-electron chi connectivity index (χ4n) is 1.42. The second-order valence-corrected chi connectivity index (χ2v) is 4.02. The number of nitrogens with one attached hydrogen (secondary N) is 1. The first kappa shape index (κ1) is 11.8. The number of benzene rings is 2. The van der Waals surface area contributed by atoms with Crippen LogP contribution in [0.25, 0.3) is 0 Å². The van der Waals surface area contributed by atoms with Gasteiger partial charge in [-0.1, -0.05) is 29.8 Å². The molecule has 0 spiro atoms. The molecule has 4 heteroatoms. The Morgan fingerprint density at radius 3 is 2.59 bits per heavy atom. The SMILES string of the molecule is NNc1cccc(OCc2ccc(Cl)cc2)c1. The van der Waals surface area contributed by atoms with Crippen molar-refractivity contribution in [2.24, 2.45) is 5.84 Å². The summed E-state index contributed by atoms with van der Waals surface area (Å²) in [7, 11) is 0. The molecule has 2 aromatic rings. The molecule has 0 unspecified atom stereocenters. The molecule has 0 saturated heterocycles. The molecule has 88 valence electrons. The number of hydrogen-bond acceptors (Lipinski definition) is 3. The summed E-state index contributed by atoms with van der Waals surface area (Å²) < 4.78 is 5.64. The zero-order valence-electron chi connectivity index (χ0n) is 9.19. The Labute approximate surface area is 105 Å². The lowest BCUT2D eigenvalue weighted by atomic mass is 10.2. The number of hydrazine groups is 1. The maximum Gasteiger partial charge on any atom is 0.121 e. The van der Waals surface area contributed by atoms with E-state index in [9.17, 15) is 0 Å². The van der Waals surface area contributed by atoms with Crippen LogP contribution in [0.4, 0.5) is 5.69 Å². The number of ether oxygens (including phenoxy) is 1. The molecule has 0 fully saturated rings. The Bertz CT molecular complexity index is 485. The molecule has 17 heavy (non-hydrogen) atoms. The highest BCUT2D eigenvalue weighted by atomic mass is 35.5. The van der Waals surface area contributed by atoms with Crippen molar-refractivity contribution in [2.45, 2.75) is 6.61 Å². The summed E-state index contributed by atoms with van der Waals surface area (Å²) in [6.07, 6.45) is 0. The zero-order valence-corrected chi connectivity index (χ0v) is 9.95. The highest BCUT2D eigenvalue weighted by molar-refractivity contribution is 6.30. The average Bonchev–Trinajstić information content (AvgIpc) is 2.38. The number of anilines is 1. The summed E-state index contributed by atoms with van der Waals surface area (Å²) in [6, 6.07) is 15.0. The molecule has 0 saturated carbocycles. The molecule has 0 aliphatic heterocycles. The van der Waals surface area contributed by atoms with E-state index in [-0.39, 0.29) is 0 Å². The lowest BCUT2D eigenvalue weighted by molar-refractivity contribution is 0.306. The molecule has 3 nitrogen and oxygen atoms in total. The molecule has 0 amide bonds. The van der Waals surface area contributed by atoms with Crippen molar-refractivity contribution in [3.05, 3.63) is 59.1 Å². The minimum atomic E-state index is 0.505. The van der Waals surface area contributed by atoms with Crippen LogP contribution in [0.3, 0.4) is 0 Å².